The lowest BCUT2D eigenvalue weighted by Gasteiger charge is -2.03. The van der Waals surface area contributed by atoms with E-state index in [1.165, 1.54) is 0 Å². The molecular formula is C12H15NO2. The summed E-state index contributed by atoms with van der Waals surface area (Å²) in [6.45, 7) is 1.99. The molecule has 80 valence electrons. The minimum atomic E-state index is 0.136. The van der Waals surface area contributed by atoms with E-state index in [0.29, 0.717) is 0 Å². The minimum Gasteiger partial charge on any atom is -0.497 e. The van der Waals surface area contributed by atoms with Crippen LogP contribution in [0.15, 0.2) is 28.9 Å². The van der Waals surface area contributed by atoms with E-state index >= 15 is 0 Å². The van der Waals surface area contributed by atoms with E-state index in [4.69, 9.17) is 14.9 Å². The zero-order chi connectivity index (χ0) is 10.8. The molecule has 0 saturated carbocycles. The second-order valence-electron chi connectivity index (χ2n) is 3.80. The van der Waals surface area contributed by atoms with Crippen molar-refractivity contribution in [3.63, 3.8) is 0 Å². The summed E-state index contributed by atoms with van der Waals surface area (Å²) in [5, 5.41) is 1.09. The quantitative estimate of drug-likeness (QED) is 0.836. The second kappa shape index (κ2) is 3.95. The van der Waals surface area contributed by atoms with Crippen molar-refractivity contribution in [2.24, 2.45) is 5.73 Å². The van der Waals surface area contributed by atoms with Gasteiger partial charge in [-0.05, 0) is 37.1 Å². The van der Waals surface area contributed by atoms with Crippen LogP contribution in [0.3, 0.4) is 0 Å². The van der Waals surface area contributed by atoms with Crippen LogP contribution >= 0.6 is 0 Å². The van der Waals surface area contributed by atoms with Crippen LogP contribution in [-0.4, -0.2) is 13.2 Å². The van der Waals surface area contributed by atoms with Crippen LogP contribution in [-0.2, 0) is 6.42 Å². The molecule has 0 aliphatic rings. The molecule has 0 unspecified atom stereocenters. The van der Waals surface area contributed by atoms with Gasteiger partial charge in [-0.3, -0.25) is 0 Å². The van der Waals surface area contributed by atoms with Gasteiger partial charge in [0.1, 0.15) is 11.3 Å². The maximum absolute atomic E-state index is 5.77. The van der Waals surface area contributed by atoms with Crippen molar-refractivity contribution in [3.8, 4) is 5.75 Å². The van der Waals surface area contributed by atoms with E-state index in [1.54, 1.807) is 13.4 Å². The van der Waals surface area contributed by atoms with Crippen LogP contribution in [0.5, 0.6) is 5.75 Å². The summed E-state index contributed by atoms with van der Waals surface area (Å²) in [7, 11) is 1.66. The molecule has 0 fully saturated rings. The first-order chi connectivity index (χ1) is 7.20. The van der Waals surface area contributed by atoms with E-state index in [0.717, 1.165) is 28.7 Å². The molecule has 0 bridgehead atoms. The Morgan fingerprint density at radius 2 is 2.27 bits per heavy atom. The van der Waals surface area contributed by atoms with E-state index in [9.17, 15) is 0 Å². The first kappa shape index (κ1) is 10.1. The minimum absolute atomic E-state index is 0.136. The van der Waals surface area contributed by atoms with Crippen LogP contribution in [0.1, 0.15) is 12.5 Å². The summed E-state index contributed by atoms with van der Waals surface area (Å²) >= 11 is 0. The largest absolute Gasteiger partial charge is 0.497 e. The lowest BCUT2D eigenvalue weighted by atomic mass is 10.1. The molecule has 15 heavy (non-hydrogen) atoms. The van der Waals surface area contributed by atoms with E-state index < -0.39 is 0 Å². The summed E-state index contributed by atoms with van der Waals surface area (Å²) in [5.74, 6) is 0.842. The summed E-state index contributed by atoms with van der Waals surface area (Å²) in [5.41, 5.74) is 7.79. The number of fused-ring (bicyclic) bond motifs is 1. The van der Waals surface area contributed by atoms with Crippen molar-refractivity contribution in [1.82, 2.24) is 0 Å². The molecule has 1 aromatic carbocycles. The fourth-order valence-corrected chi connectivity index (χ4v) is 1.69. The fraction of sp³-hybridized carbons (Fsp3) is 0.333. The Morgan fingerprint density at radius 1 is 1.47 bits per heavy atom. The van der Waals surface area contributed by atoms with Crippen molar-refractivity contribution in [2.75, 3.05) is 7.11 Å². The predicted octanol–water partition coefficient (Wildman–Crippen LogP) is 2.33. The van der Waals surface area contributed by atoms with Gasteiger partial charge in [0.2, 0.25) is 0 Å². The number of furan rings is 1. The summed E-state index contributed by atoms with van der Waals surface area (Å²) in [6.07, 6.45) is 2.59. The number of rotatable bonds is 3. The van der Waals surface area contributed by atoms with Gasteiger partial charge in [-0.1, -0.05) is 0 Å². The Bertz CT molecular complexity index is 460. The Hall–Kier alpha value is -1.48. The predicted molar refractivity (Wildman–Crippen MR) is 60.1 cm³/mol. The lowest BCUT2D eigenvalue weighted by Crippen LogP contribution is -2.17. The molecule has 0 aliphatic carbocycles. The molecule has 2 aromatic rings. The Morgan fingerprint density at radius 3 is 2.93 bits per heavy atom. The highest BCUT2D eigenvalue weighted by Crippen LogP contribution is 2.26. The van der Waals surface area contributed by atoms with Crippen LogP contribution < -0.4 is 10.5 Å². The Labute approximate surface area is 88.8 Å². The molecular weight excluding hydrogens is 190 g/mol. The van der Waals surface area contributed by atoms with Gasteiger partial charge in [0.05, 0.1) is 13.4 Å². The van der Waals surface area contributed by atoms with Crippen LogP contribution in [0.25, 0.3) is 11.0 Å². The molecule has 1 atom stereocenters. The van der Waals surface area contributed by atoms with Crippen molar-refractivity contribution >= 4 is 11.0 Å². The topological polar surface area (TPSA) is 48.4 Å². The fourth-order valence-electron chi connectivity index (χ4n) is 1.69. The molecule has 0 radical (unpaired) electrons. The molecule has 0 aliphatic heterocycles. The monoisotopic (exact) mass is 205 g/mol. The molecule has 1 aromatic heterocycles. The molecule has 3 heteroatoms. The highest BCUT2D eigenvalue weighted by molar-refractivity contribution is 5.82. The summed E-state index contributed by atoms with van der Waals surface area (Å²) in [6, 6.07) is 5.92. The smallest absolute Gasteiger partial charge is 0.134 e. The van der Waals surface area contributed by atoms with Gasteiger partial charge in [-0.15, -0.1) is 0 Å². The second-order valence-corrected chi connectivity index (χ2v) is 3.80. The number of hydrogen-bond acceptors (Lipinski definition) is 3. The highest BCUT2D eigenvalue weighted by Gasteiger charge is 2.08. The van der Waals surface area contributed by atoms with Crippen LogP contribution in [0.2, 0.25) is 0 Å². The first-order valence-corrected chi connectivity index (χ1v) is 5.00. The third-order valence-corrected chi connectivity index (χ3v) is 2.40. The number of hydrogen-bond donors (Lipinski definition) is 1. The third kappa shape index (κ3) is 1.97. The van der Waals surface area contributed by atoms with E-state index in [2.05, 4.69) is 0 Å². The standard InChI is InChI=1S/C12H15NO2/c1-8(13)5-9-7-15-12-4-3-10(14-2)6-11(9)12/h3-4,6-8H,5,13H2,1-2H3/t8-/m1/s1. The van der Waals surface area contributed by atoms with Gasteiger partial charge >= 0.3 is 0 Å². The van der Waals surface area contributed by atoms with Crippen molar-refractivity contribution < 1.29 is 9.15 Å². The molecule has 2 rings (SSSR count). The molecule has 2 N–H and O–H groups in total. The van der Waals surface area contributed by atoms with Crippen molar-refractivity contribution in [3.05, 3.63) is 30.0 Å². The van der Waals surface area contributed by atoms with E-state index in [1.807, 2.05) is 25.1 Å². The number of benzene rings is 1. The third-order valence-electron chi connectivity index (χ3n) is 2.40. The first-order valence-electron chi connectivity index (χ1n) is 5.00. The molecule has 3 nitrogen and oxygen atoms in total. The number of ether oxygens (including phenoxy) is 1. The van der Waals surface area contributed by atoms with Crippen LogP contribution in [0, 0.1) is 0 Å². The average molecular weight is 205 g/mol. The van der Waals surface area contributed by atoms with E-state index in [-0.39, 0.29) is 6.04 Å². The Balaban J connectivity index is 2.46. The van der Waals surface area contributed by atoms with Crippen molar-refractivity contribution in [2.45, 2.75) is 19.4 Å². The lowest BCUT2D eigenvalue weighted by molar-refractivity contribution is 0.415. The SMILES string of the molecule is COc1ccc2occ(C[C@@H](C)N)c2c1. The molecule has 0 saturated heterocycles. The van der Waals surface area contributed by atoms with Gasteiger partial charge in [-0.2, -0.15) is 0 Å². The summed E-state index contributed by atoms with van der Waals surface area (Å²) < 4.78 is 10.6. The van der Waals surface area contributed by atoms with Gasteiger partial charge in [0, 0.05) is 11.4 Å². The molecule has 0 spiro atoms. The van der Waals surface area contributed by atoms with Gasteiger partial charge in [0.15, 0.2) is 0 Å². The maximum atomic E-state index is 5.77. The van der Waals surface area contributed by atoms with Crippen molar-refractivity contribution in [1.29, 1.82) is 0 Å². The van der Waals surface area contributed by atoms with Crippen LogP contribution in [0.4, 0.5) is 0 Å². The normalized spacial score (nSPS) is 13.0. The zero-order valence-electron chi connectivity index (χ0n) is 8.99. The maximum Gasteiger partial charge on any atom is 0.134 e. The number of methoxy groups -OCH3 is 1. The summed E-state index contributed by atoms with van der Waals surface area (Å²) in [4.78, 5) is 0. The number of nitrogens with two attached hydrogens (primary N) is 1. The molecule has 1 heterocycles. The Kier molecular flexibility index (Phi) is 2.64. The van der Waals surface area contributed by atoms with Gasteiger partial charge < -0.3 is 14.9 Å². The van der Waals surface area contributed by atoms with Gasteiger partial charge in [-0.25, -0.2) is 0 Å². The highest BCUT2D eigenvalue weighted by atomic mass is 16.5. The zero-order valence-corrected chi connectivity index (χ0v) is 8.99. The van der Waals surface area contributed by atoms with Gasteiger partial charge in [0.25, 0.3) is 0 Å². The average Bonchev–Trinajstić information content (AvgIpc) is 2.60. The molecule has 0 amide bonds.